The molecule has 1 aromatic heterocycles. The predicted molar refractivity (Wildman–Crippen MR) is 87.2 cm³/mol. The average Bonchev–Trinajstić information content (AvgIpc) is 2.88. The number of nitrogens with one attached hydrogen (secondary N) is 1. The number of anilines is 1. The van der Waals surface area contributed by atoms with Gasteiger partial charge < -0.3 is 5.32 Å². The van der Waals surface area contributed by atoms with Crippen molar-refractivity contribution in [2.45, 2.75) is 19.5 Å². The van der Waals surface area contributed by atoms with Gasteiger partial charge in [0.05, 0.1) is 5.56 Å². The second-order valence-corrected chi connectivity index (χ2v) is 5.92. The van der Waals surface area contributed by atoms with E-state index in [4.69, 9.17) is 5.26 Å². The molecule has 4 nitrogen and oxygen atoms in total. The van der Waals surface area contributed by atoms with Gasteiger partial charge in [-0.2, -0.15) is 5.26 Å². The molecule has 2 atom stereocenters. The van der Waals surface area contributed by atoms with Crippen molar-refractivity contribution in [1.82, 2.24) is 9.88 Å². The minimum Gasteiger partial charge on any atom is -0.365 e. The molecule has 112 valence electrons. The smallest absolute Gasteiger partial charge is 0.144 e. The summed E-state index contributed by atoms with van der Waals surface area (Å²) in [6.07, 6.45) is 1.73. The number of aromatic nitrogens is 1. The van der Waals surface area contributed by atoms with Gasteiger partial charge in [0.1, 0.15) is 11.9 Å². The molecular formula is C18H20N4. The molecule has 2 aromatic rings. The van der Waals surface area contributed by atoms with Gasteiger partial charge in [0.15, 0.2) is 0 Å². The molecule has 2 unspecified atom stereocenters. The lowest BCUT2D eigenvalue weighted by molar-refractivity contribution is 0.319. The first-order chi connectivity index (χ1) is 10.8. The van der Waals surface area contributed by atoms with Crippen LogP contribution in [0.25, 0.3) is 0 Å². The van der Waals surface area contributed by atoms with E-state index in [0.29, 0.717) is 23.3 Å². The number of hydrogen-bond donors (Lipinski definition) is 1. The highest BCUT2D eigenvalue weighted by molar-refractivity contribution is 5.52. The maximum absolute atomic E-state index is 9.16. The molecular weight excluding hydrogens is 272 g/mol. The minimum absolute atomic E-state index is 0.325. The molecule has 1 saturated heterocycles. The van der Waals surface area contributed by atoms with Crippen LogP contribution in [0.1, 0.15) is 18.1 Å². The number of hydrogen-bond acceptors (Lipinski definition) is 4. The zero-order valence-corrected chi connectivity index (χ0v) is 12.7. The Morgan fingerprint density at radius 3 is 2.82 bits per heavy atom. The lowest BCUT2D eigenvalue weighted by Gasteiger charge is -2.18. The molecule has 0 spiro atoms. The minimum atomic E-state index is 0.325. The number of nitriles is 1. The summed E-state index contributed by atoms with van der Waals surface area (Å²) in [7, 11) is 0. The highest BCUT2D eigenvalue weighted by atomic mass is 15.2. The summed E-state index contributed by atoms with van der Waals surface area (Å²) in [5.74, 6) is 1.22. The third kappa shape index (κ3) is 3.26. The van der Waals surface area contributed by atoms with Gasteiger partial charge in [0.2, 0.25) is 0 Å². The quantitative estimate of drug-likeness (QED) is 0.941. The second-order valence-electron chi connectivity index (χ2n) is 5.92. The molecule has 0 saturated carbocycles. The second kappa shape index (κ2) is 6.59. The maximum atomic E-state index is 9.16. The van der Waals surface area contributed by atoms with Gasteiger partial charge in [0.25, 0.3) is 0 Å². The van der Waals surface area contributed by atoms with Gasteiger partial charge in [-0.25, -0.2) is 4.98 Å². The molecule has 1 aliphatic heterocycles. The third-order valence-electron chi connectivity index (χ3n) is 4.19. The molecule has 0 radical (unpaired) electrons. The molecule has 2 heterocycles. The first-order valence-electron chi connectivity index (χ1n) is 7.64. The zero-order valence-electron chi connectivity index (χ0n) is 12.7. The van der Waals surface area contributed by atoms with Crippen molar-refractivity contribution >= 4 is 5.82 Å². The maximum Gasteiger partial charge on any atom is 0.144 e. The molecule has 3 rings (SSSR count). The van der Waals surface area contributed by atoms with Crippen LogP contribution in [0.5, 0.6) is 0 Å². The first-order valence-corrected chi connectivity index (χ1v) is 7.64. The Bertz CT molecular complexity index is 662. The number of pyridine rings is 1. The summed E-state index contributed by atoms with van der Waals surface area (Å²) in [5, 5.41) is 12.6. The van der Waals surface area contributed by atoms with E-state index in [9.17, 15) is 0 Å². The van der Waals surface area contributed by atoms with Crippen molar-refractivity contribution in [3.8, 4) is 6.07 Å². The van der Waals surface area contributed by atoms with Crippen molar-refractivity contribution in [2.24, 2.45) is 5.92 Å². The number of rotatable bonds is 4. The highest BCUT2D eigenvalue weighted by Crippen LogP contribution is 2.23. The predicted octanol–water partition coefficient (Wildman–Crippen LogP) is 2.89. The lowest BCUT2D eigenvalue weighted by Crippen LogP contribution is -2.28. The molecule has 4 heteroatoms. The molecule has 1 aliphatic rings. The first kappa shape index (κ1) is 14.6. The molecule has 22 heavy (non-hydrogen) atoms. The van der Waals surface area contributed by atoms with Crippen LogP contribution in [-0.2, 0) is 6.54 Å². The monoisotopic (exact) mass is 292 g/mol. The summed E-state index contributed by atoms with van der Waals surface area (Å²) >= 11 is 0. The Balaban J connectivity index is 1.65. The summed E-state index contributed by atoms with van der Waals surface area (Å²) in [4.78, 5) is 6.76. The SMILES string of the molecule is CC1CN(Cc2ccccc2)CC1Nc1ncccc1C#N. The van der Waals surface area contributed by atoms with Crippen LogP contribution < -0.4 is 5.32 Å². The van der Waals surface area contributed by atoms with Crippen LogP contribution in [0.15, 0.2) is 48.7 Å². The average molecular weight is 292 g/mol. The van der Waals surface area contributed by atoms with E-state index in [2.05, 4.69) is 52.5 Å². The lowest BCUT2D eigenvalue weighted by atomic mass is 10.1. The summed E-state index contributed by atoms with van der Waals surface area (Å²) in [6, 6.07) is 16.7. The Hall–Kier alpha value is -2.38. The molecule has 0 amide bonds. The Kier molecular flexibility index (Phi) is 4.36. The molecule has 1 fully saturated rings. The van der Waals surface area contributed by atoms with Crippen molar-refractivity contribution in [1.29, 1.82) is 5.26 Å². The van der Waals surface area contributed by atoms with Crippen molar-refractivity contribution in [2.75, 3.05) is 18.4 Å². The van der Waals surface area contributed by atoms with Crippen molar-refractivity contribution in [3.05, 3.63) is 59.8 Å². The number of likely N-dealkylation sites (tertiary alicyclic amines) is 1. The fourth-order valence-electron chi connectivity index (χ4n) is 3.01. The van der Waals surface area contributed by atoms with Gasteiger partial charge in [-0.1, -0.05) is 37.3 Å². The molecule has 1 aromatic carbocycles. The van der Waals surface area contributed by atoms with Crippen LogP contribution >= 0.6 is 0 Å². The highest BCUT2D eigenvalue weighted by Gasteiger charge is 2.30. The van der Waals surface area contributed by atoms with E-state index in [-0.39, 0.29) is 0 Å². The van der Waals surface area contributed by atoms with E-state index < -0.39 is 0 Å². The van der Waals surface area contributed by atoms with E-state index >= 15 is 0 Å². The van der Waals surface area contributed by atoms with Crippen LogP contribution in [0.3, 0.4) is 0 Å². The topological polar surface area (TPSA) is 52.0 Å². The van der Waals surface area contributed by atoms with E-state index in [1.165, 1.54) is 5.56 Å². The van der Waals surface area contributed by atoms with Gasteiger partial charge in [-0.15, -0.1) is 0 Å². The number of benzene rings is 1. The number of nitrogens with zero attached hydrogens (tertiary/aromatic N) is 3. The van der Waals surface area contributed by atoms with Crippen LogP contribution in [0, 0.1) is 17.2 Å². The molecule has 1 N–H and O–H groups in total. The summed E-state index contributed by atoms with van der Waals surface area (Å²) in [5.41, 5.74) is 1.95. The van der Waals surface area contributed by atoms with E-state index in [1.54, 1.807) is 18.3 Å². The van der Waals surface area contributed by atoms with Gasteiger partial charge in [-0.05, 0) is 23.6 Å². The van der Waals surface area contributed by atoms with Crippen LogP contribution in [-0.4, -0.2) is 29.0 Å². The van der Waals surface area contributed by atoms with E-state index in [0.717, 1.165) is 19.6 Å². The zero-order chi connectivity index (χ0) is 15.4. The van der Waals surface area contributed by atoms with Gasteiger partial charge in [0, 0.05) is 31.9 Å². The fourth-order valence-corrected chi connectivity index (χ4v) is 3.01. The van der Waals surface area contributed by atoms with Crippen molar-refractivity contribution < 1.29 is 0 Å². The third-order valence-corrected chi connectivity index (χ3v) is 4.19. The normalized spacial score (nSPS) is 21.5. The van der Waals surface area contributed by atoms with E-state index in [1.807, 2.05) is 6.07 Å². The fraction of sp³-hybridized carbons (Fsp3) is 0.333. The van der Waals surface area contributed by atoms with Gasteiger partial charge >= 0.3 is 0 Å². The van der Waals surface area contributed by atoms with Gasteiger partial charge in [-0.3, -0.25) is 4.90 Å². The Morgan fingerprint density at radius 1 is 1.23 bits per heavy atom. The van der Waals surface area contributed by atoms with Crippen LogP contribution in [0.4, 0.5) is 5.82 Å². The Labute approximate surface area is 131 Å². The molecule has 0 aliphatic carbocycles. The summed E-state index contributed by atoms with van der Waals surface area (Å²) in [6.45, 7) is 5.24. The van der Waals surface area contributed by atoms with Crippen molar-refractivity contribution in [3.63, 3.8) is 0 Å². The largest absolute Gasteiger partial charge is 0.365 e. The summed E-state index contributed by atoms with van der Waals surface area (Å²) < 4.78 is 0. The Morgan fingerprint density at radius 2 is 2.05 bits per heavy atom. The molecule has 0 bridgehead atoms. The standard InChI is InChI=1S/C18H20N4/c1-14-11-22(12-15-6-3-2-4-7-15)13-17(14)21-18-16(10-19)8-5-9-20-18/h2-9,14,17H,11-13H2,1H3,(H,20,21). The van der Waals surface area contributed by atoms with Crippen LogP contribution in [0.2, 0.25) is 0 Å².